The molecule has 170 valence electrons. The van der Waals surface area contributed by atoms with Crippen molar-refractivity contribution < 1.29 is 46.6 Å². The number of hydrogen-bond acceptors (Lipinski definition) is 7. The molecule has 4 rings (SSSR count). The van der Waals surface area contributed by atoms with Gasteiger partial charge in [0, 0.05) is 13.8 Å². The molecule has 0 aliphatic carbocycles. The van der Waals surface area contributed by atoms with Crippen molar-refractivity contribution in [1.82, 2.24) is 0 Å². The second-order valence-corrected chi connectivity index (χ2v) is 7.93. The van der Waals surface area contributed by atoms with Crippen molar-refractivity contribution in [2.24, 2.45) is 11.8 Å². The molecule has 2 saturated heterocycles. The van der Waals surface area contributed by atoms with Gasteiger partial charge in [-0.3, -0.25) is 19.2 Å². The van der Waals surface area contributed by atoms with E-state index in [9.17, 15) is 32.3 Å². The first-order valence-corrected chi connectivity index (χ1v) is 9.71. The van der Waals surface area contributed by atoms with Crippen LogP contribution in [-0.4, -0.2) is 41.7 Å². The highest BCUT2D eigenvalue weighted by Gasteiger charge is 2.72. The molecule has 32 heavy (non-hydrogen) atoms. The van der Waals surface area contributed by atoms with E-state index in [0.29, 0.717) is 11.0 Å². The zero-order valence-electron chi connectivity index (χ0n) is 16.5. The van der Waals surface area contributed by atoms with Crippen LogP contribution in [0.4, 0.5) is 18.9 Å². The average molecular weight is 474 g/mol. The van der Waals surface area contributed by atoms with Gasteiger partial charge in [0.05, 0.1) is 34.2 Å². The summed E-state index contributed by atoms with van der Waals surface area (Å²) >= 11 is 5.64. The van der Waals surface area contributed by atoms with Crippen molar-refractivity contribution in [3.63, 3.8) is 0 Å². The Morgan fingerprint density at radius 2 is 1.78 bits per heavy atom. The highest BCUT2D eigenvalue weighted by atomic mass is 35.5. The van der Waals surface area contributed by atoms with E-state index < -0.39 is 70.3 Å². The maximum atomic E-state index is 13.3. The summed E-state index contributed by atoms with van der Waals surface area (Å²) in [6.07, 6.45) is -4.59. The van der Waals surface area contributed by atoms with E-state index >= 15 is 0 Å². The maximum Gasteiger partial charge on any atom is 0.417 e. The monoisotopic (exact) mass is 473 g/mol. The molecule has 1 aromatic carbocycles. The highest BCUT2D eigenvalue weighted by Crippen LogP contribution is 2.55. The second kappa shape index (κ2) is 7.31. The molecule has 3 heterocycles. The summed E-state index contributed by atoms with van der Waals surface area (Å²) in [5.74, 6) is -5.75. The van der Waals surface area contributed by atoms with Crippen LogP contribution >= 0.6 is 11.6 Å². The van der Waals surface area contributed by atoms with Gasteiger partial charge in [-0.15, -0.1) is 0 Å². The SMILES string of the molecule is CC(=O)OC(OC(C)=O)[C@]12C=C[C@@H](O1)[C@@H]1C(=O)N(c3ccc(Cl)c(C(F)(F)F)c3)C(=O)[C@@H]12. The summed E-state index contributed by atoms with van der Waals surface area (Å²) in [4.78, 5) is 50.2. The van der Waals surface area contributed by atoms with Crippen LogP contribution in [0.5, 0.6) is 0 Å². The Hall–Kier alpha value is -2.92. The number of alkyl halides is 3. The summed E-state index contributed by atoms with van der Waals surface area (Å²) < 4.78 is 55.8. The minimum Gasteiger partial charge on any atom is -0.422 e. The fourth-order valence-electron chi connectivity index (χ4n) is 4.34. The third-order valence-electron chi connectivity index (χ3n) is 5.51. The molecule has 0 spiro atoms. The van der Waals surface area contributed by atoms with Gasteiger partial charge in [0.15, 0.2) is 5.60 Å². The zero-order valence-corrected chi connectivity index (χ0v) is 17.3. The van der Waals surface area contributed by atoms with Gasteiger partial charge in [-0.25, -0.2) is 4.90 Å². The van der Waals surface area contributed by atoms with Crippen LogP contribution in [-0.2, 0) is 39.6 Å². The number of esters is 2. The average Bonchev–Trinajstić information content (AvgIpc) is 3.32. The Bertz CT molecular complexity index is 1060. The number of anilines is 1. The lowest BCUT2D eigenvalue weighted by Crippen LogP contribution is -2.52. The van der Waals surface area contributed by atoms with E-state index in [1.807, 2.05) is 0 Å². The van der Waals surface area contributed by atoms with E-state index in [0.717, 1.165) is 26.0 Å². The number of amides is 2. The molecule has 4 atom stereocenters. The third kappa shape index (κ3) is 3.27. The topological polar surface area (TPSA) is 99.2 Å². The van der Waals surface area contributed by atoms with E-state index in [4.69, 9.17) is 25.8 Å². The van der Waals surface area contributed by atoms with Gasteiger partial charge in [0.25, 0.3) is 6.29 Å². The van der Waals surface area contributed by atoms with Crippen molar-refractivity contribution >= 4 is 41.0 Å². The lowest BCUT2D eigenvalue weighted by molar-refractivity contribution is -0.226. The molecule has 2 amide bonds. The lowest BCUT2D eigenvalue weighted by Gasteiger charge is -2.34. The van der Waals surface area contributed by atoms with E-state index in [-0.39, 0.29) is 5.69 Å². The van der Waals surface area contributed by atoms with Gasteiger partial charge in [-0.1, -0.05) is 17.7 Å². The fraction of sp³-hybridized carbons (Fsp3) is 0.400. The molecule has 0 saturated carbocycles. The molecular weight excluding hydrogens is 459 g/mol. The largest absolute Gasteiger partial charge is 0.422 e. The number of imide groups is 1. The number of benzene rings is 1. The molecule has 0 aromatic heterocycles. The highest BCUT2D eigenvalue weighted by molar-refractivity contribution is 6.31. The Morgan fingerprint density at radius 1 is 1.16 bits per heavy atom. The number of ether oxygens (including phenoxy) is 3. The van der Waals surface area contributed by atoms with Gasteiger partial charge in [0.1, 0.15) is 0 Å². The predicted octanol–water partition coefficient (Wildman–Crippen LogP) is 2.62. The first kappa shape index (κ1) is 22.3. The Balaban J connectivity index is 1.76. The van der Waals surface area contributed by atoms with Crippen LogP contribution in [0.25, 0.3) is 0 Å². The van der Waals surface area contributed by atoms with Crippen LogP contribution in [0, 0.1) is 11.8 Å². The maximum absolute atomic E-state index is 13.3. The van der Waals surface area contributed by atoms with E-state index in [1.54, 1.807) is 0 Å². The molecule has 1 aromatic rings. The number of halogens is 4. The number of rotatable bonds is 4. The molecule has 0 radical (unpaired) electrons. The predicted molar refractivity (Wildman–Crippen MR) is 100.0 cm³/mol. The first-order chi connectivity index (χ1) is 14.9. The Kier molecular flexibility index (Phi) is 5.09. The van der Waals surface area contributed by atoms with Crippen molar-refractivity contribution in [3.8, 4) is 0 Å². The number of nitrogens with zero attached hydrogens (tertiary/aromatic N) is 1. The van der Waals surface area contributed by atoms with E-state index in [2.05, 4.69) is 0 Å². The summed E-state index contributed by atoms with van der Waals surface area (Å²) in [7, 11) is 0. The summed E-state index contributed by atoms with van der Waals surface area (Å²) in [6.45, 7) is 2.10. The van der Waals surface area contributed by atoms with Crippen molar-refractivity contribution in [2.75, 3.05) is 4.90 Å². The van der Waals surface area contributed by atoms with Crippen LogP contribution < -0.4 is 4.90 Å². The molecule has 2 fully saturated rings. The van der Waals surface area contributed by atoms with Crippen LogP contribution in [0.15, 0.2) is 30.4 Å². The van der Waals surface area contributed by atoms with Gasteiger partial charge in [-0.2, -0.15) is 13.2 Å². The molecule has 2 bridgehead atoms. The smallest absolute Gasteiger partial charge is 0.417 e. The molecule has 3 aliphatic rings. The molecule has 12 heteroatoms. The van der Waals surface area contributed by atoms with Crippen molar-refractivity contribution in [2.45, 2.75) is 38.0 Å². The molecule has 3 aliphatic heterocycles. The molecule has 8 nitrogen and oxygen atoms in total. The standard InChI is InChI=1S/C20H15ClF3NO7/c1-8(26)30-18(31-9(2)27)19-6-5-13(32-19)14-15(19)17(29)25(16(14)28)10-3-4-12(21)11(7-10)20(22,23)24/h3-7,13-15,18H,1-2H3/t13-,14+,15-,19-/m1/s1. The fourth-order valence-corrected chi connectivity index (χ4v) is 4.57. The van der Waals surface area contributed by atoms with Crippen LogP contribution in [0.2, 0.25) is 5.02 Å². The van der Waals surface area contributed by atoms with Gasteiger partial charge < -0.3 is 14.2 Å². The molecule has 0 unspecified atom stereocenters. The summed E-state index contributed by atoms with van der Waals surface area (Å²) in [6, 6.07) is 2.67. The summed E-state index contributed by atoms with van der Waals surface area (Å²) in [5, 5.41) is -0.591. The number of carbonyl (C=O) groups is 4. The van der Waals surface area contributed by atoms with Crippen molar-refractivity contribution in [3.05, 3.63) is 40.9 Å². The quantitative estimate of drug-likeness (QED) is 0.287. The molecular formula is C20H15ClF3NO7. The molecule has 0 N–H and O–H groups in total. The minimum atomic E-state index is -4.81. The van der Waals surface area contributed by atoms with Crippen LogP contribution in [0.1, 0.15) is 19.4 Å². The Morgan fingerprint density at radius 3 is 2.34 bits per heavy atom. The minimum absolute atomic E-state index is 0.322. The number of fused-ring (bicyclic) bond motifs is 5. The lowest BCUT2D eigenvalue weighted by atomic mass is 9.76. The summed E-state index contributed by atoms with van der Waals surface area (Å²) in [5.41, 5.74) is -3.33. The Labute approximate surface area is 183 Å². The van der Waals surface area contributed by atoms with Gasteiger partial charge in [0.2, 0.25) is 11.8 Å². The van der Waals surface area contributed by atoms with Crippen LogP contribution in [0.3, 0.4) is 0 Å². The normalized spacial score (nSPS) is 28.5. The van der Waals surface area contributed by atoms with Gasteiger partial charge in [-0.05, 0) is 24.3 Å². The second-order valence-electron chi connectivity index (χ2n) is 7.52. The van der Waals surface area contributed by atoms with Crippen molar-refractivity contribution in [1.29, 1.82) is 0 Å². The van der Waals surface area contributed by atoms with Gasteiger partial charge >= 0.3 is 18.1 Å². The first-order valence-electron chi connectivity index (χ1n) is 9.33. The number of carbonyl (C=O) groups excluding carboxylic acids is 4. The number of hydrogen-bond donors (Lipinski definition) is 0. The zero-order chi connectivity index (χ0) is 23.6. The van der Waals surface area contributed by atoms with E-state index in [1.165, 1.54) is 12.2 Å². The third-order valence-corrected chi connectivity index (χ3v) is 5.84.